The van der Waals surface area contributed by atoms with E-state index < -0.39 is 0 Å². The van der Waals surface area contributed by atoms with E-state index in [1.165, 1.54) is 6.33 Å². The molecule has 2 rings (SSSR count). The lowest BCUT2D eigenvalue weighted by molar-refractivity contribution is -0.130. The number of carbonyl (C=O) groups is 1. The molecule has 1 heterocycles. The molecule has 0 radical (unpaired) electrons. The van der Waals surface area contributed by atoms with E-state index in [2.05, 4.69) is 17.0 Å². The second-order valence-corrected chi connectivity index (χ2v) is 5.76. The minimum absolute atomic E-state index is 0.240. The average molecular weight is 264 g/mol. The molecule has 19 heavy (non-hydrogen) atoms. The van der Waals surface area contributed by atoms with Gasteiger partial charge in [0.2, 0.25) is 0 Å². The van der Waals surface area contributed by atoms with Crippen LogP contribution in [-0.4, -0.2) is 27.1 Å². The van der Waals surface area contributed by atoms with Crippen molar-refractivity contribution in [3.05, 3.63) is 12.2 Å². The molecule has 1 aliphatic rings. The first kappa shape index (κ1) is 14.2. The highest BCUT2D eigenvalue weighted by Gasteiger charge is 2.39. The molecule has 1 aromatic heterocycles. The second kappa shape index (κ2) is 5.82. The highest BCUT2D eigenvalue weighted by Crippen LogP contribution is 2.39. The molecular formula is C14H24N4O. The normalized spacial score (nSPS) is 27.4. The lowest BCUT2D eigenvalue weighted by atomic mass is 9.67. The van der Waals surface area contributed by atoms with E-state index in [0.717, 1.165) is 38.1 Å². The number of ketones is 1. The van der Waals surface area contributed by atoms with Gasteiger partial charge in [0.25, 0.3) is 0 Å². The van der Waals surface area contributed by atoms with Crippen LogP contribution in [0.1, 0.15) is 45.4 Å². The molecule has 0 unspecified atom stereocenters. The van der Waals surface area contributed by atoms with Gasteiger partial charge in [0, 0.05) is 18.5 Å². The first-order valence-corrected chi connectivity index (χ1v) is 7.21. The summed E-state index contributed by atoms with van der Waals surface area (Å²) in [6.07, 6.45) is 5.92. The summed E-state index contributed by atoms with van der Waals surface area (Å²) >= 11 is 0. The second-order valence-electron chi connectivity index (χ2n) is 5.76. The van der Waals surface area contributed by atoms with Gasteiger partial charge in [-0.25, -0.2) is 9.67 Å². The Bertz CT molecular complexity index is 432. The predicted octanol–water partition coefficient (Wildman–Crippen LogP) is 1.56. The summed E-state index contributed by atoms with van der Waals surface area (Å²) in [6.45, 7) is 5.45. The van der Waals surface area contributed by atoms with Gasteiger partial charge < -0.3 is 5.73 Å². The summed E-state index contributed by atoms with van der Waals surface area (Å²) in [7, 11) is 0. The van der Waals surface area contributed by atoms with Gasteiger partial charge in [-0.1, -0.05) is 6.92 Å². The largest absolute Gasteiger partial charge is 0.329 e. The van der Waals surface area contributed by atoms with Gasteiger partial charge in [-0.15, -0.1) is 0 Å². The Morgan fingerprint density at radius 1 is 1.53 bits per heavy atom. The number of nitrogens with zero attached hydrogens (tertiary/aromatic N) is 3. The lowest BCUT2D eigenvalue weighted by Crippen LogP contribution is -2.42. The summed E-state index contributed by atoms with van der Waals surface area (Å²) in [5, 5.41) is 4.12. The van der Waals surface area contributed by atoms with Crippen molar-refractivity contribution >= 4 is 5.78 Å². The number of hydrogen-bond acceptors (Lipinski definition) is 4. The van der Waals surface area contributed by atoms with Gasteiger partial charge in [-0.2, -0.15) is 5.10 Å². The van der Waals surface area contributed by atoms with Gasteiger partial charge in [0.15, 0.2) is 0 Å². The average Bonchev–Trinajstić information content (AvgIpc) is 2.87. The monoisotopic (exact) mass is 264 g/mol. The molecule has 0 saturated heterocycles. The van der Waals surface area contributed by atoms with Gasteiger partial charge >= 0.3 is 0 Å². The summed E-state index contributed by atoms with van der Waals surface area (Å²) in [4.78, 5) is 16.8. The van der Waals surface area contributed by atoms with Crippen molar-refractivity contribution in [2.45, 2.75) is 52.5 Å². The molecule has 1 aliphatic carbocycles. The Hall–Kier alpha value is -1.23. The third-order valence-corrected chi connectivity index (χ3v) is 4.53. The third-order valence-electron chi connectivity index (χ3n) is 4.53. The van der Waals surface area contributed by atoms with Crippen molar-refractivity contribution < 1.29 is 4.79 Å². The van der Waals surface area contributed by atoms with Crippen molar-refractivity contribution in [1.82, 2.24) is 14.8 Å². The van der Waals surface area contributed by atoms with Crippen molar-refractivity contribution in [3.8, 4) is 0 Å². The zero-order chi connectivity index (χ0) is 13.9. The maximum atomic E-state index is 12.6. The number of carbonyl (C=O) groups excluding carboxylic acids is 1. The van der Waals surface area contributed by atoms with Crippen LogP contribution >= 0.6 is 0 Å². The highest BCUT2D eigenvalue weighted by molar-refractivity contribution is 5.86. The molecule has 0 amide bonds. The minimum atomic E-state index is -0.322. The zero-order valence-corrected chi connectivity index (χ0v) is 11.9. The van der Waals surface area contributed by atoms with Crippen LogP contribution < -0.4 is 5.73 Å². The summed E-state index contributed by atoms with van der Waals surface area (Å²) in [6, 6.07) is 0. The van der Waals surface area contributed by atoms with Crippen LogP contribution in [0.15, 0.2) is 6.33 Å². The summed E-state index contributed by atoms with van der Waals surface area (Å²) in [5.74, 6) is 1.72. The van der Waals surface area contributed by atoms with E-state index in [1.54, 1.807) is 4.68 Å². The fourth-order valence-electron chi connectivity index (χ4n) is 2.93. The lowest BCUT2D eigenvalue weighted by Gasteiger charge is -2.37. The third kappa shape index (κ3) is 2.86. The Morgan fingerprint density at radius 3 is 2.79 bits per heavy atom. The number of rotatable bonds is 5. The SMILES string of the molecule is CCn1ncnc1CC(=O)C1(CN)CCC(C)CC1. The molecule has 0 aromatic carbocycles. The van der Waals surface area contributed by atoms with E-state index in [0.29, 0.717) is 18.9 Å². The fraction of sp³-hybridized carbons (Fsp3) is 0.786. The molecule has 2 N–H and O–H groups in total. The Morgan fingerprint density at radius 2 is 2.21 bits per heavy atom. The maximum Gasteiger partial charge on any atom is 0.147 e. The molecule has 5 heteroatoms. The highest BCUT2D eigenvalue weighted by atomic mass is 16.1. The Balaban J connectivity index is 2.09. The standard InChI is InChI=1S/C14H24N4O/c1-3-18-13(16-10-17-18)8-12(19)14(9-15)6-4-11(2)5-7-14/h10-11H,3-9,15H2,1-2H3. The summed E-state index contributed by atoms with van der Waals surface area (Å²) < 4.78 is 1.79. The molecule has 0 spiro atoms. The molecule has 1 fully saturated rings. The molecule has 1 saturated carbocycles. The van der Waals surface area contributed by atoms with Gasteiger partial charge in [0.05, 0.1) is 6.42 Å². The van der Waals surface area contributed by atoms with Crippen LogP contribution in [0, 0.1) is 11.3 Å². The van der Waals surface area contributed by atoms with Crippen molar-refractivity contribution in [3.63, 3.8) is 0 Å². The fourth-order valence-corrected chi connectivity index (χ4v) is 2.93. The zero-order valence-electron chi connectivity index (χ0n) is 11.9. The van der Waals surface area contributed by atoms with Crippen molar-refractivity contribution in [2.75, 3.05) is 6.54 Å². The molecule has 1 aromatic rings. The molecule has 5 nitrogen and oxygen atoms in total. The number of nitrogens with two attached hydrogens (primary N) is 1. The molecule has 106 valence electrons. The first-order chi connectivity index (χ1) is 9.11. The van der Waals surface area contributed by atoms with Crippen LogP contribution in [0.25, 0.3) is 0 Å². The van der Waals surface area contributed by atoms with Crippen LogP contribution in [0.5, 0.6) is 0 Å². The molecule has 0 bridgehead atoms. The Labute approximate surface area is 114 Å². The number of aromatic nitrogens is 3. The van der Waals surface area contributed by atoms with E-state index in [1.807, 2.05) is 6.92 Å². The molecular weight excluding hydrogens is 240 g/mol. The smallest absolute Gasteiger partial charge is 0.147 e. The Kier molecular flexibility index (Phi) is 4.34. The number of Topliss-reactive ketones (excluding diaryl/α,β-unsaturated/α-hetero) is 1. The van der Waals surface area contributed by atoms with Crippen LogP contribution in [0.3, 0.4) is 0 Å². The number of aryl methyl sites for hydroxylation is 1. The van der Waals surface area contributed by atoms with E-state index in [4.69, 9.17) is 5.73 Å². The van der Waals surface area contributed by atoms with Gasteiger partial charge in [-0.3, -0.25) is 4.79 Å². The summed E-state index contributed by atoms with van der Waals surface area (Å²) in [5.41, 5.74) is 5.60. The van der Waals surface area contributed by atoms with E-state index in [9.17, 15) is 4.79 Å². The first-order valence-electron chi connectivity index (χ1n) is 7.21. The van der Waals surface area contributed by atoms with E-state index >= 15 is 0 Å². The number of hydrogen-bond donors (Lipinski definition) is 1. The van der Waals surface area contributed by atoms with Crippen LogP contribution in [0.2, 0.25) is 0 Å². The van der Waals surface area contributed by atoms with Crippen LogP contribution in [-0.2, 0) is 17.8 Å². The minimum Gasteiger partial charge on any atom is -0.329 e. The maximum absolute atomic E-state index is 12.6. The van der Waals surface area contributed by atoms with Crippen molar-refractivity contribution in [2.24, 2.45) is 17.1 Å². The van der Waals surface area contributed by atoms with Gasteiger partial charge in [-0.05, 0) is 38.5 Å². The van der Waals surface area contributed by atoms with Crippen LogP contribution in [0.4, 0.5) is 0 Å². The predicted molar refractivity (Wildman–Crippen MR) is 73.5 cm³/mol. The van der Waals surface area contributed by atoms with E-state index in [-0.39, 0.29) is 11.2 Å². The topological polar surface area (TPSA) is 73.8 Å². The molecule has 0 atom stereocenters. The van der Waals surface area contributed by atoms with Gasteiger partial charge in [0.1, 0.15) is 17.9 Å². The van der Waals surface area contributed by atoms with Crippen molar-refractivity contribution in [1.29, 1.82) is 0 Å². The quantitative estimate of drug-likeness (QED) is 0.876. The molecule has 0 aliphatic heterocycles.